The predicted molar refractivity (Wildman–Crippen MR) is 71.7 cm³/mol. The van der Waals surface area contributed by atoms with Crippen LogP contribution in [0.25, 0.3) is 0 Å². The molecular weight excluding hydrogens is 242 g/mol. The molecular formula is C15H19NO3. The summed E-state index contributed by atoms with van der Waals surface area (Å²) in [6.07, 6.45) is 3.23. The molecule has 1 aromatic carbocycles. The van der Waals surface area contributed by atoms with Crippen LogP contribution in [-0.2, 0) is 16.0 Å². The van der Waals surface area contributed by atoms with Gasteiger partial charge >= 0.3 is 5.97 Å². The van der Waals surface area contributed by atoms with Crippen molar-refractivity contribution in [2.24, 2.45) is 11.1 Å². The normalized spacial score (nSPS) is 21.2. The lowest BCUT2D eigenvalue weighted by atomic mass is 9.72. The number of aryl methyl sites for hydroxylation is 1. The summed E-state index contributed by atoms with van der Waals surface area (Å²) in [5.41, 5.74) is 6.23. The predicted octanol–water partition coefficient (Wildman–Crippen LogP) is 2.07. The molecule has 1 aromatic rings. The Bertz CT molecular complexity index is 496. The van der Waals surface area contributed by atoms with E-state index in [1.54, 1.807) is 0 Å². The summed E-state index contributed by atoms with van der Waals surface area (Å²) in [6.45, 7) is 1.43. The molecule has 2 atom stereocenters. The maximum absolute atomic E-state index is 11.5. The molecule has 0 bridgehead atoms. The van der Waals surface area contributed by atoms with Gasteiger partial charge in [0.05, 0.1) is 0 Å². The molecule has 1 amide bonds. The van der Waals surface area contributed by atoms with Crippen LogP contribution in [0.3, 0.4) is 0 Å². The van der Waals surface area contributed by atoms with Crippen LogP contribution in [0.4, 0.5) is 0 Å². The first-order chi connectivity index (χ1) is 8.95. The molecule has 4 heteroatoms. The maximum Gasteiger partial charge on any atom is 0.318 e. The number of hydrogen-bond donors (Lipinski definition) is 2. The van der Waals surface area contributed by atoms with Gasteiger partial charge in [-0.25, -0.2) is 0 Å². The van der Waals surface area contributed by atoms with Gasteiger partial charge in [-0.2, -0.15) is 0 Å². The molecule has 4 nitrogen and oxygen atoms in total. The zero-order chi connectivity index (χ0) is 14.0. The van der Waals surface area contributed by atoms with E-state index in [1.165, 1.54) is 18.1 Å². The molecule has 0 fully saturated rings. The third-order valence-electron chi connectivity index (χ3n) is 4.16. The number of benzene rings is 1. The van der Waals surface area contributed by atoms with Crippen molar-refractivity contribution in [2.45, 2.75) is 38.5 Å². The smallest absolute Gasteiger partial charge is 0.318 e. The van der Waals surface area contributed by atoms with E-state index in [2.05, 4.69) is 6.07 Å². The van der Waals surface area contributed by atoms with Crippen LogP contribution in [0.2, 0.25) is 0 Å². The second-order valence-electron chi connectivity index (χ2n) is 5.49. The summed E-state index contributed by atoms with van der Waals surface area (Å²) in [7, 11) is 0. The van der Waals surface area contributed by atoms with E-state index < -0.39 is 17.3 Å². The van der Waals surface area contributed by atoms with Gasteiger partial charge in [0.15, 0.2) is 0 Å². The maximum atomic E-state index is 11.5. The van der Waals surface area contributed by atoms with Gasteiger partial charge in [-0.1, -0.05) is 24.3 Å². The number of hydrogen-bond acceptors (Lipinski definition) is 2. The lowest BCUT2D eigenvalue weighted by molar-refractivity contribution is -0.154. The van der Waals surface area contributed by atoms with Crippen molar-refractivity contribution in [3.05, 3.63) is 35.4 Å². The first-order valence-corrected chi connectivity index (χ1v) is 6.56. The summed E-state index contributed by atoms with van der Waals surface area (Å²) in [4.78, 5) is 22.8. The van der Waals surface area contributed by atoms with Gasteiger partial charge in [-0.3, -0.25) is 9.59 Å². The molecule has 0 saturated heterocycles. The van der Waals surface area contributed by atoms with Crippen molar-refractivity contribution in [3.8, 4) is 0 Å². The molecule has 0 aromatic heterocycles. The standard InChI is InChI=1S/C15H19NO3/c1-15(13(16)17,14(18)19)9-11-7-4-6-10-5-2-3-8-12(10)11/h2-3,5,8,11H,4,6-7,9H2,1H3,(H2,16,17)(H,18,19). The molecule has 0 aliphatic heterocycles. The Morgan fingerprint density at radius 2 is 2.11 bits per heavy atom. The van der Waals surface area contributed by atoms with Gasteiger partial charge in [0.25, 0.3) is 0 Å². The van der Waals surface area contributed by atoms with Gasteiger partial charge in [0.1, 0.15) is 5.41 Å². The fraction of sp³-hybridized carbons (Fsp3) is 0.467. The Labute approximate surface area is 112 Å². The van der Waals surface area contributed by atoms with Crippen molar-refractivity contribution in [3.63, 3.8) is 0 Å². The van der Waals surface area contributed by atoms with Crippen LogP contribution in [0, 0.1) is 5.41 Å². The van der Waals surface area contributed by atoms with E-state index in [4.69, 9.17) is 5.73 Å². The molecule has 1 aliphatic rings. The fourth-order valence-electron chi connectivity index (χ4n) is 2.85. The average Bonchev–Trinajstić information content (AvgIpc) is 2.38. The third-order valence-corrected chi connectivity index (χ3v) is 4.16. The van der Waals surface area contributed by atoms with Crippen LogP contribution in [0.1, 0.15) is 43.2 Å². The number of aliphatic carboxylic acids is 1. The number of carboxylic acid groups (broad SMARTS) is 1. The number of carbonyl (C=O) groups is 2. The molecule has 2 rings (SSSR count). The first kappa shape index (κ1) is 13.6. The Morgan fingerprint density at radius 3 is 2.74 bits per heavy atom. The van der Waals surface area contributed by atoms with Crippen LogP contribution in [-0.4, -0.2) is 17.0 Å². The van der Waals surface area contributed by atoms with Crippen molar-refractivity contribution < 1.29 is 14.7 Å². The summed E-state index contributed by atoms with van der Waals surface area (Å²) >= 11 is 0. The molecule has 1 aliphatic carbocycles. The molecule has 0 heterocycles. The Morgan fingerprint density at radius 1 is 1.42 bits per heavy atom. The number of fused-ring (bicyclic) bond motifs is 1. The van der Waals surface area contributed by atoms with E-state index in [9.17, 15) is 14.7 Å². The third kappa shape index (κ3) is 2.48. The minimum absolute atomic E-state index is 0.0959. The number of rotatable bonds is 4. The van der Waals surface area contributed by atoms with Crippen LogP contribution in [0.5, 0.6) is 0 Å². The van der Waals surface area contributed by atoms with E-state index in [0.29, 0.717) is 0 Å². The Kier molecular flexibility index (Phi) is 3.60. The zero-order valence-corrected chi connectivity index (χ0v) is 11.1. The van der Waals surface area contributed by atoms with E-state index >= 15 is 0 Å². The summed E-state index contributed by atoms with van der Waals surface area (Å²) in [6, 6.07) is 8.05. The first-order valence-electron chi connectivity index (χ1n) is 6.56. The van der Waals surface area contributed by atoms with Gasteiger partial charge in [-0.05, 0) is 49.7 Å². The fourth-order valence-corrected chi connectivity index (χ4v) is 2.85. The second-order valence-corrected chi connectivity index (χ2v) is 5.49. The van der Waals surface area contributed by atoms with Gasteiger partial charge < -0.3 is 10.8 Å². The molecule has 19 heavy (non-hydrogen) atoms. The monoisotopic (exact) mass is 261 g/mol. The number of amides is 1. The summed E-state index contributed by atoms with van der Waals surface area (Å²) in [5.74, 6) is -1.80. The van der Waals surface area contributed by atoms with Crippen molar-refractivity contribution in [2.75, 3.05) is 0 Å². The van der Waals surface area contributed by atoms with Crippen molar-refractivity contribution in [1.82, 2.24) is 0 Å². The summed E-state index contributed by atoms with van der Waals surface area (Å²) in [5, 5.41) is 9.28. The zero-order valence-electron chi connectivity index (χ0n) is 11.1. The second kappa shape index (κ2) is 5.03. The van der Waals surface area contributed by atoms with Crippen LogP contribution in [0.15, 0.2) is 24.3 Å². The lowest BCUT2D eigenvalue weighted by Gasteiger charge is -2.31. The summed E-state index contributed by atoms with van der Waals surface area (Å²) < 4.78 is 0. The van der Waals surface area contributed by atoms with Crippen molar-refractivity contribution in [1.29, 1.82) is 0 Å². The molecule has 0 spiro atoms. The van der Waals surface area contributed by atoms with Gasteiger partial charge in [-0.15, -0.1) is 0 Å². The number of carbonyl (C=O) groups excluding carboxylic acids is 1. The minimum Gasteiger partial charge on any atom is -0.480 e. The van der Waals surface area contributed by atoms with E-state index in [-0.39, 0.29) is 12.3 Å². The lowest BCUT2D eigenvalue weighted by Crippen LogP contribution is -2.42. The molecule has 0 radical (unpaired) electrons. The minimum atomic E-state index is -1.49. The van der Waals surface area contributed by atoms with Gasteiger partial charge in [0.2, 0.25) is 5.91 Å². The van der Waals surface area contributed by atoms with E-state index in [1.807, 2.05) is 18.2 Å². The molecule has 102 valence electrons. The topological polar surface area (TPSA) is 80.4 Å². The Hall–Kier alpha value is -1.84. The SMILES string of the molecule is CC(CC1CCCc2ccccc21)(C(N)=O)C(=O)O. The highest BCUT2D eigenvalue weighted by molar-refractivity contribution is 6.00. The highest BCUT2D eigenvalue weighted by Crippen LogP contribution is 2.39. The van der Waals surface area contributed by atoms with Crippen LogP contribution >= 0.6 is 0 Å². The number of carboxylic acids is 1. The number of primary amides is 1. The largest absolute Gasteiger partial charge is 0.480 e. The molecule has 3 N–H and O–H groups in total. The highest BCUT2D eigenvalue weighted by Gasteiger charge is 2.42. The van der Waals surface area contributed by atoms with Crippen molar-refractivity contribution >= 4 is 11.9 Å². The quantitative estimate of drug-likeness (QED) is 0.814. The van der Waals surface area contributed by atoms with E-state index in [0.717, 1.165) is 19.3 Å². The van der Waals surface area contributed by atoms with Gasteiger partial charge in [0, 0.05) is 0 Å². The number of nitrogens with two attached hydrogens (primary N) is 1. The Balaban J connectivity index is 2.30. The average molecular weight is 261 g/mol. The molecule has 2 unspecified atom stereocenters. The highest BCUT2D eigenvalue weighted by atomic mass is 16.4. The van der Waals surface area contributed by atoms with Crippen LogP contribution < -0.4 is 5.73 Å². The molecule has 0 saturated carbocycles.